The number of pyridine rings is 1. The molecule has 0 saturated carbocycles. The SMILES string of the molecule is NC(=S)Nc1ncc(Br)cc1Br. The molecule has 1 aromatic rings. The molecule has 12 heavy (non-hydrogen) atoms. The van der Waals surface area contributed by atoms with E-state index >= 15 is 0 Å². The third-order valence-electron chi connectivity index (χ3n) is 1.05. The summed E-state index contributed by atoms with van der Waals surface area (Å²) in [5.74, 6) is 0.616. The van der Waals surface area contributed by atoms with Crippen molar-refractivity contribution in [1.29, 1.82) is 0 Å². The van der Waals surface area contributed by atoms with E-state index in [0.717, 1.165) is 8.95 Å². The van der Waals surface area contributed by atoms with Crippen LogP contribution < -0.4 is 11.1 Å². The molecule has 1 heterocycles. The number of thiocarbonyl (C=S) groups is 1. The predicted octanol–water partition coefficient (Wildman–Crippen LogP) is 2.26. The van der Waals surface area contributed by atoms with Gasteiger partial charge in [-0.2, -0.15) is 0 Å². The number of nitrogens with two attached hydrogens (primary N) is 1. The molecule has 0 radical (unpaired) electrons. The topological polar surface area (TPSA) is 50.9 Å². The Morgan fingerprint density at radius 3 is 2.75 bits per heavy atom. The van der Waals surface area contributed by atoms with Gasteiger partial charge in [0, 0.05) is 10.7 Å². The van der Waals surface area contributed by atoms with Gasteiger partial charge in [0.25, 0.3) is 0 Å². The first-order valence-corrected chi connectivity index (χ1v) is 4.96. The van der Waals surface area contributed by atoms with Crippen molar-refractivity contribution >= 4 is 55.0 Å². The summed E-state index contributed by atoms with van der Waals surface area (Å²) in [5, 5.41) is 2.93. The van der Waals surface area contributed by atoms with E-state index in [2.05, 4.69) is 54.4 Å². The van der Waals surface area contributed by atoms with Crippen LogP contribution in [0.4, 0.5) is 5.82 Å². The third-order valence-corrected chi connectivity index (χ3v) is 2.19. The minimum atomic E-state index is 0.200. The number of nitrogens with zero attached hydrogens (tertiary/aromatic N) is 1. The molecule has 0 aliphatic heterocycles. The molecule has 0 fully saturated rings. The minimum Gasteiger partial charge on any atom is -0.376 e. The average molecular weight is 311 g/mol. The van der Waals surface area contributed by atoms with E-state index in [1.807, 2.05) is 6.07 Å². The van der Waals surface area contributed by atoms with Crippen molar-refractivity contribution in [2.24, 2.45) is 5.73 Å². The molecule has 3 N–H and O–H groups in total. The van der Waals surface area contributed by atoms with E-state index in [-0.39, 0.29) is 5.11 Å². The zero-order valence-electron chi connectivity index (χ0n) is 5.84. The molecule has 0 amide bonds. The standard InChI is InChI=1S/C6H5Br2N3S/c7-3-1-4(8)5(10-2-3)11-6(9)12/h1-2H,(H3,9,10,11,12). The Kier molecular flexibility index (Phi) is 3.42. The number of anilines is 1. The van der Waals surface area contributed by atoms with Gasteiger partial charge < -0.3 is 11.1 Å². The van der Waals surface area contributed by atoms with Gasteiger partial charge in [-0.05, 0) is 50.1 Å². The number of halogens is 2. The third kappa shape index (κ3) is 2.69. The summed E-state index contributed by atoms with van der Waals surface area (Å²) in [6, 6.07) is 1.85. The molecule has 0 atom stereocenters. The van der Waals surface area contributed by atoms with Crippen molar-refractivity contribution in [2.75, 3.05) is 5.32 Å². The maximum Gasteiger partial charge on any atom is 0.169 e. The summed E-state index contributed by atoms with van der Waals surface area (Å²) in [5.41, 5.74) is 5.28. The van der Waals surface area contributed by atoms with Crippen LogP contribution in [0.25, 0.3) is 0 Å². The van der Waals surface area contributed by atoms with Crippen LogP contribution in [-0.4, -0.2) is 10.1 Å². The highest BCUT2D eigenvalue weighted by molar-refractivity contribution is 9.11. The summed E-state index contributed by atoms with van der Waals surface area (Å²) < 4.78 is 1.70. The summed E-state index contributed by atoms with van der Waals surface area (Å²) >= 11 is 11.2. The van der Waals surface area contributed by atoms with E-state index < -0.39 is 0 Å². The van der Waals surface area contributed by atoms with Gasteiger partial charge in [-0.25, -0.2) is 4.98 Å². The molecule has 0 saturated heterocycles. The minimum absolute atomic E-state index is 0.200. The smallest absolute Gasteiger partial charge is 0.169 e. The van der Waals surface area contributed by atoms with Gasteiger partial charge in [0.1, 0.15) is 5.82 Å². The first-order valence-electron chi connectivity index (χ1n) is 2.97. The molecule has 0 aliphatic rings. The molecule has 1 rings (SSSR count). The monoisotopic (exact) mass is 309 g/mol. The maximum absolute atomic E-state index is 5.28. The molecule has 0 spiro atoms. The zero-order chi connectivity index (χ0) is 9.14. The van der Waals surface area contributed by atoms with Crippen LogP contribution in [0.2, 0.25) is 0 Å². The number of nitrogens with one attached hydrogen (secondary N) is 1. The molecule has 6 heteroatoms. The van der Waals surface area contributed by atoms with Crippen LogP contribution in [0.3, 0.4) is 0 Å². The van der Waals surface area contributed by atoms with Crippen LogP contribution in [0.15, 0.2) is 21.2 Å². The van der Waals surface area contributed by atoms with Gasteiger partial charge in [0.15, 0.2) is 5.11 Å². The van der Waals surface area contributed by atoms with E-state index in [0.29, 0.717) is 5.82 Å². The lowest BCUT2D eigenvalue weighted by molar-refractivity contribution is 1.29. The van der Waals surface area contributed by atoms with Crippen LogP contribution in [0.1, 0.15) is 0 Å². The van der Waals surface area contributed by atoms with Crippen LogP contribution in [0, 0.1) is 0 Å². The molecule has 1 aromatic heterocycles. The van der Waals surface area contributed by atoms with Crippen LogP contribution in [0.5, 0.6) is 0 Å². The summed E-state index contributed by atoms with van der Waals surface area (Å²) in [7, 11) is 0. The highest BCUT2D eigenvalue weighted by Crippen LogP contribution is 2.22. The van der Waals surface area contributed by atoms with E-state index in [1.165, 1.54) is 0 Å². The number of hydrogen-bond acceptors (Lipinski definition) is 2. The largest absolute Gasteiger partial charge is 0.376 e. The first kappa shape index (κ1) is 9.88. The predicted molar refractivity (Wildman–Crippen MR) is 60.0 cm³/mol. The Labute approximate surface area is 92.0 Å². The lowest BCUT2D eigenvalue weighted by atomic mass is 10.5. The van der Waals surface area contributed by atoms with Crippen LogP contribution in [-0.2, 0) is 0 Å². The second-order valence-electron chi connectivity index (χ2n) is 1.97. The molecule has 0 unspecified atom stereocenters. The second kappa shape index (κ2) is 4.15. The Morgan fingerprint density at radius 2 is 2.25 bits per heavy atom. The quantitative estimate of drug-likeness (QED) is 0.781. The van der Waals surface area contributed by atoms with Crippen molar-refractivity contribution in [3.8, 4) is 0 Å². The fourth-order valence-corrected chi connectivity index (χ4v) is 1.81. The molecule has 0 aliphatic carbocycles. The Morgan fingerprint density at radius 1 is 1.58 bits per heavy atom. The lowest BCUT2D eigenvalue weighted by Crippen LogP contribution is -2.19. The molecular weight excluding hydrogens is 306 g/mol. The molecule has 0 aromatic carbocycles. The fraction of sp³-hybridized carbons (Fsp3) is 0. The second-order valence-corrected chi connectivity index (χ2v) is 4.18. The van der Waals surface area contributed by atoms with E-state index in [1.54, 1.807) is 6.20 Å². The van der Waals surface area contributed by atoms with Gasteiger partial charge in [0.2, 0.25) is 0 Å². The summed E-state index contributed by atoms with van der Waals surface area (Å²) in [6.45, 7) is 0. The molecule has 3 nitrogen and oxygen atoms in total. The Hall–Kier alpha value is -0.200. The van der Waals surface area contributed by atoms with Gasteiger partial charge in [-0.15, -0.1) is 0 Å². The van der Waals surface area contributed by atoms with E-state index in [9.17, 15) is 0 Å². The zero-order valence-corrected chi connectivity index (χ0v) is 9.83. The normalized spacial score (nSPS) is 9.50. The molecule has 0 bridgehead atoms. The van der Waals surface area contributed by atoms with Crippen LogP contribution >= 0.6 is 44.1 Å². The number of hydrogen-bond donors (Lipinski definition) is 2. The fourth-order valence-electron chi connectivity index (χ4n) is 0.623. The average Bonchev–Trinajstić information content (AvgIpc) is 1.94. The van der Waals surface area contributed by atoms with Gasteiger partial charge in [0.05, 0.1) is 4.47 Å². The van der Waals surface area contributed by atoms with Gasteiger partial charge in [-0.3, -0.25) is 0 Å². The lowest BCUT2D eigenvalue weighted by Gasteiger charge is -2.04. The van der Waals surface area contributed by atoms with Gasteiger partial charge >= 0.3 is 0 Å². The van der Waals surface area contributed by atoms with Gasteiger partial charge in [-0.1, -0.05) is 0 Å². The molecule has 64 valence electrons. The summed E-state index contributed by atoms with van der Waals surface area (Å²) in [6.07, 6.45) is 1.66. The van der Waals surface area contributed by atoms with Crippen molar-refractivity contribution in [3.63, 3.8) is 0 Å². The van der Waals surface area contributed by atoms with Crippen molar-refractivity contribution in [2.45, 2.75) is 0 Å². The number of rotatable bonds is 1. The van der Waals surface area contributed by atoms with Crippen molar-refractivity contribution in [3.05, 3.63) is 21.2 Å². The summed E-state index contributed by atoms with van der Waals surface area (Å²) in [4.78, 5) is 4.05. The van der Waals surface area contributed by atoms with Crippen molar-refractivity contribution in [1.82, 2.24) is 4.98 Å². The number of aromatic nitrogens is 1. The first-order chi connectivity index (χ1) is 5.59. The van der Waals surface area contributed by atoms with E-state index in [4.69, 9.17) is 5.73 Å². The maximum atomic E-state index is 5.28. The Balaban J connectivity index is 2.93. The Bertz CT molecular complexity index is 316. The highest BCUT2D eigenvalue weighted by Gasteiger charge is 2.01. The molecular formula is C6H5Br2N3S. The highest BCUT2D eigenvalue weighted by atomic mass is 79.9. The van der Waals surface area contributed by atoms with Crippen molar-refractivity contribution < 1.29 is 0 Å².